The van der Waals surface area contributed by atoms with Gasteiger partial charge in [-0.1, -0.05) is 27.7 Å². The molecule has 3 aliphatic rings. The van der Waals surface area contributed by atoms with Crippen molar-refractivity contribution in [2.24, 2.45) is 11.3 Å². The fourth-order valence-corrected chi connectivity index (χ4v) is 5.34. The van der Waals surface area contributed by atoms with Crippen molar-refractivity contribution in [3.63, 3.8) is 0 Å². The van der Waals surface area contributed by atoms with Crippen molar-refractivity contribution in [1.29, 1.82) is 0 Å². The second-order valence-electron chi connectivity index (χ2n) is 11.4. The first kappa shape index (κ1) is 22.2. The van der Waals surface area contributed by atoms with Gasteiger partial charge in [0.2, 0.25) is 5.95 Å². The minimum Gasteiger partial charge on any atom is -0.343 e. The molecule has 5 rings (SSSR count). The first-order valence-corrected chi connectivity index (χ1v) is 12.4. The Morgan fingerprint density at radius 3 is 2.52 bits per heavy atom. The standard InChI is InChI=1S/C25H37N7O/c1-17(2)19-14-30(5)23(33)32(19)21-8-13-26-22(28-21)29-25(11-12-25)20-15-31(16-27-20)18-6-9-24(3,4)10-7-18/h8,13,15-19H,6-7,9-12,14H2,1-5H3,(H,26,28,29). The number of likely N-dealkylation sites (N-methyl/N-ethyl adjacent to an activating group) is 1. The largest absolute Gasteiger partial charge is 0.343 e. The maximum absolute atomic E-state index is 12.8. The lowest BCUT2D eigenvalue weighted by Gasteiger charge is -2.34. The number of nitrogens with zero attached hydrogens (tertiary/aromatic N) is 6. The van der Waals surface area contributed by atoms with Gasteiger partial charge in [0.15, 0.2) is 0 Å². The van der Waals surface area contributed by atoms with E-state index in [1.54, 1.807) is 11.1 Å². The predicted octanol–water partition coefficient (Wildman–Crippen LogP) is 4.81. The lowest BCUT2D eigenvalue weighted by atomic mass is 9.75. The van der Waals surface area contributed by atoms with Crippen LogP contribution in [0.25, 0.3) is 0 Å². The number of rotatable bonds is 6. The van der Waals surface area contributed by atoms with E-state index >= 15 is 0 Å². The van der Waals surface area contributed by atoms with Gasteiger partial charge in [-0.2, -0.15) is 4.98 Å². The van der Waals surface area contributed by atoms with Gasteiger partial charge in [-0.05, 0) is 55.9 Å². The molecule has 3 heterocycles. The Kier molecular flexibility index (Phi) is 5.37. The molecule has 3 fully saturated rings. The summed E-state index contributed by atoms with van der Waals surface area (Å²) >= 11 is 0. The molecule has 2 aromatic heterocycles. The van der Waals surface area contributed by atoms with Crippen molar-refractivity contribution >= 4 is 17.8 Å². The molecule has 2 saturated carbocycles. The van der Waals surface area contributed by atoms with Crippen molar-refractivity contribution < 1.29 is 4.79 Å². The molecule has 2 aliphatic carbocycles. The molecule has 1 aliphatic heterocycles. The number of imidazole rings is 1. The molecule has 178 valence electrons. The summed E-state index contributed by atoms with van der Waals surface area (Å²) < 4.78 is 2.32. The molecule has 2 aromatic rings. The number of carbonyl (C=O) groups is 1. The Labute approximate surface area is 196 Å². The van der Waals surface area contributed by atoms with Gasteiger partial charge in [0.05, 0.1) is 23.6 Å². The maximum Gasteiger partial charge on any atom is 0.325 e. The average Bonchev–Trinajstić information content (AvgIpc) is 3.24. The molecule has 0 spiro atoms. The van der Waals surface area contributed by atoms with Gasteiger partial charge in [0, 0.05) is 32.0 Å². The minimum atomic E-state index is -0.207. The highest BCUT2D eigenvalue weighted by Crippen LogP contribution is 2.48. The lowest BCUT2D eigenvalue weighted by molar-refractivity contribution is 0.193. The van der Waals surface area contributed by atoms with E-state index in [0.29, 0.717) is 35.7 Å². The van der Waals surface area contributed by atoms with Crippen LogP contribution in [0.1, 0.15) is 78.0 Å². The van der Waals surface area contributed by atoms with Crippen LogP contribution in [0.5, 0.6) is 0 Å². The van der Waals surface area contributed by atoms with Crippen LogP contribution in [0.3, 0.4) is 0 Å². The van der Waals surface area contributed by atoms with E-state index in [1.807, 2.05) is 24.3 Å². The van der Waals surface area contributed by atoms with Crippen molar-refractivity contribution in [3.05, 3.63) is 30.5 Å². The van der Waals surface area contributed by atoms with Gasteiger partial charge in [-0.15, -0.1) is 0 Å². The van der Waals surface area contributed by atoms with Crippen LogP contribution in [-0.4, -0.2) is 50.1 Å². The maximum atomic E-state index is 12.8. The molecule has 8 nitrogen and oxygen atoms in total. The van der Waals surface area contributed by atoms with E-state index in [0.717, 1.165) is 18.5 Å². The fraction of sp³-hybridized carbons (Fsp3) is 0.680. The normalized spacial score (nSPS) is 24.5. The third-order valence-electron chi connectivity index (χ3n) is 7.91. The summed E-state index contributed by atoms with van der Waals surface area (Å²) in [5.74, 6) is 1.56. The summed E-state index contributed by atoms with van der Waals surface area (Å²) in [6.07, 6.45) is 12.9. The van der Waals surface area contributed by atoms with Gasteiger partial charge < -0.3 is 14.8 Å². The number of amides is 2. The molecule has 1 saturated heterocycles. The van der Waals surface area contributed by atoms with Gasteiger partial charge in [0.1, 0.15) is 5.82 Å². The van der Waals surface area contributed by atoms with Crippen LogP contribution in [0.4, 0.5) is 16.6 Å². The fourth-order valence-electron chi connectivity index (χ4n) is 5.34. The zero-order valence-electron chi connectivity index (χ0n) is 20.6. The van der Waals surface area contributed by atoms with Crippen LogP contribution in [-0.2, 0) is 5.54 Å². The van der Waals surface area contributed by atoms with E-state index in [-0.39, 0.29) is 17.6 Å². The number of carbonyl (C=O) groups excluding carboxylic acids is 1. The Morgan fingerprint density at radius 2 is 1.85 bits per heavy atom. The first-order chi connectivity index (χ1) is 15.7. The number of aromatic nitrogens is 4. The lowest BCUT2D eigenvalue weighted by Crippen LogP contribution is -2.38. The quantitative estimate of drug-likeness (QED) is 0.682. The number of hydrogen-bond donors (Lipinski definition) is 1. The molecular formula is C25H37N7O. The van der Waals surface area contributed by atoms with Crippen LogP contribution in [0.2, 0.25) is 0 Å². The molecule has 8 heteroatoms. The smallest absolute Gasteiger partial charge is 0.325 e. The summed E-state index contributed by atoms with van der Waals surface area (Å²) in [7, 11) is 1.85. The van der Waals surface area contributed by atoms with Crippen LogP contribution < -0.4 is 10.2 Å². The van der Waals surface area contributed by atoms with Crippen molar-refractivity contribution in [3.8, 4) is 0 Å². The summed E-state index contributed by atoms with van der Waals surface area (Å²) in [4.78, 5) is 30.4. The molecular weight excluding hydrogens is 414 g/mol. The monoisotopic (exact) mass is 451 g/mol. The Hall–Kier alpha value is -2.64. The van der Waals surface area contributed by atoms with Gasteiger partial charge in [-0.25, -0.2) is 14.8 Å². The number of nitrogens with one attached hydrogen (secondary N) is 1. The summed E-state index contributed by atoms with van der Waals surface area (Å²) in [5.41, 5.74) is 1.32. The number of urea groups is 1. The van der Waals surface area contributed by atoms with Gasteiger partial charge in [0.25, 0.3) is 0 Å². The highest BCUT2D eigenvalue weighted by Gasteiger charge is 2.47. The van der Waals surface area contributed by atoms with Crippen LogP contribution in [0.15, 0.2) is 24.8 Å². The van der Waals surface area contributed by atoms with E-state index in [4.69, 9.17) is 9.97 Å². The molecule has 1 atom stereocenters. The second kappa shape index (κ2) is 7.99. The first-order valence-electron chi connectivity index (χ1n) is 12.4. The van der Waals surface area contributed by atoms with E-state index in [2.05, 4.69) is 48.8 Å². The van der Waals surface area contributed by atoms with E-state index in [1.165, 1.54) is 25.7 Å². The summed E-state index contributed by atoms with van der Waals surface area (Å²) in [6, 6.07) is 2.47. The highest BCUT2D eigenvalue weighted by atomic mass is 16.2. The zero-order valence-corrected chi connectivity index (χ0v) is 20.6. The Bertz CT molecular complexity index is 1020. The van der Waals surface area contributed by atoms with E-state index < -0.39 is 0 Å². The number of hydrogen-bond acceptors (Lipinski definition) is 5. The van der Waals surface area contributed by atoms with E-state index in [9.17, 15) is 4.79 Å². The van der Waals surface area contributed by atoms with Gasteiger partial charge in [-0.3, -0.25) is 4.90 Å². The third kappa shape index (κ3) is 4.20. The predicted molar refractivity (Wildman–Crippen MR) is 129 cm³/mol. The third-order valence-corrected chi connectivity index (χ3v) is 7.91. The van der Waals surface area contributed by atoms with Crippen molar-refractivity contribution in [2.45, 2.75) is 83.8 Å². The topological polar surface area (TPSA) is 79.2 Å². The van der Waals surface area contributed by atoms with Crippen molar-refractivity contribution in [2.75, 3.05) is 23.8 Å². The molecule has 0 radical (unpaired) electrons. The van der Waals surface area contributed by atoms with Crippen LogP contribution >= 0.6 is 0 Å². The Morgan fingerprint density at radius 1 is 1.12 bits per heavy atom. The van der Waals surface area contributed by atoms with Crippen LogP contribution in [0, 0.1) is 11.3 Å². The average molecular weight is 452 g/mol. The SMILES string of the molecule is CC(C)C1CN(C)C(=O)N1c1ccnc(NC2(c3cn(C4CCC(C)(C)CC4)cn3)CC2)n1. The summed E-state index contributed by atoms with van der Waals surface area (Å²) in [5, 5.41) is 3.56. The molecule has 1 unspecified atom stereocenters. The molecule has 2 amide bonds. The Balaban J connectivity index is 1.32. The molecule has 0 bridgehead atoms. The summed E-state index contributed by atoms with van der Waals surface area (Å²) in [6.45, 7) is 9.75. The zero-order chi connectivity index (χ0) is 23.4. The second-order valence-corrected chi connectivity index (χ2v) is 11.4. The molecule has 33 heavy (non-hydrogen) atoms. The minimum absolute atomic E-state index is 0.00566. The number of anilines is 2. The highest BCUT2D eigenvalue weighted by molar-refractivity contribution is 5.94. The molecule has 1 N–H and O–H groups in total. The van der Waals surface area contributed by atoms with Crippen molar-refractivity contribution in [1.82, 2.24) is 24.4 Å². The molecule has 0 aromatic carbocycles. The van der Waals surface area contributed by atoms with Gasteiger partial charge >= 0.3 is 6.03 Å².